The number of benzene rings is 2. The zero-order valence-electron chi connectivity index (χ0n) is 21.1. The van der Waals surface area contributed by atoms with Crippen LogP contribution in [0.15, 0.2) is 30.3 Å². The fourth-order valence-electron chi connectivity index (χ4n) is 4.59. The van der Waals surface area contributed by atoms with E-state index in [0.717, 1.165) is 29.5 Å². The predicted molar refractivity (Wildman–Crippen MR) is 138 cm³/mol. The minimum atomic E-state index is -0.679. The molecule has 2 aromatic rings. The molecule has 0 spiro atoms. The molecule has 2 aromatic carbocycles. The average molecular weight is 522 g/mol. The van der Waals surface area contributed by atoms with E-state index in [0.29, 0.717) is 42.1 Å². The lowest BCUT2D eigenvalue weighted by Gasteiger charge is -2.45. The van der Waals surface area contributed by atoms with E-state index in [4.69, 9.17) is 32.7 Å². The largest absolute Gasteiger partial charge is 0.456 e. The molecule has 0 bridgehead atoms. The predicted octanol–water partition coefficient (Wildman–Crippen LogP) is 7.19. The van der Waals surface area contributed by atoms with Crippen molar-refractivity contribution in [1.82, 2.24) is 4.90 Å². The highest BCUT2D eigenvalue weighted by Gasteiger charge is 2.37. The Bertz CT molecular complexity index is 1090. The van der Waals surface area contributed by atoms with E-state index < -0.39 is 17.4 Å². The first-order valence-electron chi connectivity index (χ1n) is 12.2. The quantitative estimate of drug-likeness (QED) is 0.377. The molecule has 2 aliphatic rings. The number of ether oxygens (including phenoxy) is 2. The van der Waals surface area contributed by atoms with Crippen molar-refractivity contribution in [3.63, 3.8) is 0 Å². The molecular weight excluding hydrogens is 488 g/mol. The summed E-state index contributed by atoms with van der Waals surface area (Å²) in [5.41, 5.74) is 2.12. The van der Waals surface area contributed by atoms with Crippen LogP contribution in [0.2, 0.25) is 10.0 Å². The van der Waals surface area contributed by atoms with Crippen LogP contribution in [0, 0.1) is 5.82 Å². The van der Waals surface area contributed by atoms with E-state index in [2.05, 4.69) is 18.7 Å². The third kappa shape index (κ3) is 6.76. The highest BCUT2D eigenvalue weighted by Crippen LogP contribution is 2.43. The smallest absolute Gasteiger partial charge is 0.341 e. The zero-order chi connectivity index (χ0) is 25.5. The number of halogens is 3. The molecule has 1 saturated heterocycles. The second kappa shape index (κ2) is 10.0. The van der Waals surface area contributed by atoms with Crippen LogP contribution < -0.4 is 0 Å². The van der Waals surface area contributed by atoms with Crippen LogP contribution in [-0.2, 0) is 22.4 Å². The van der Waals surface area contributed by atoms with E-state index in [1.54, 1.807) is 32.9 Å². The summed E-state index contributed by atoms with van der Waals surface area (Å²) in [4.78, 5) is 15.0. The first-order chi connectivity index (χ1) is 16.3. The van der Waals surface area contributed by atoms with Gasteiger partial charge in [-0.2, -0.15) is 0 Å². The summed E-state index contributed by atoms with van der Waals surface area (Å²) >= 11 is 12.4. The molecular formula is C28H34Cl2FNO3. The van der Waals surface area contributed by atoms with Gasteiger partial charge in [-0.05, 0) is 107 Å². The third-order valence-electron chi connectivity index (χ3n) is 6.56. The first-order valence-corrected chi connectivity index (χ1v) is 12.9. The number of morpholine rings is 1. The van der Waals surface area contributed by atoms with Gasteiger partial charge in [0.05, 0.1) is 18.3 Å². The number of carbonyl (C=O) groups is 1. The number of nitrogens with zero attached hydrogens (tertiary/aromatic N) is 1. The minimum Gasteiger partial charge on any atom is -0.456 e. The van der Waals surface area contributed by atoms with Gasteiger partial charge >= 0.3 is 5.97 Å². The average Bonchev–Trinajstić information content (AvgIpc) is 3.54. The SMILES string of the molecule is CC(C)(C)OC(=O)c1cc(C2CC2)c(CN2CC(Cc3cc(Cl)cc(Cl)c3)OCC2(C)C)cc1F. The van der Waals surface area contributed by atoms with Crippen LogP contribution in [0.3, 0.4) is 0 Å². The number of carbonyl (C=O) groups excluding carboxylic acids is 1. The van der Waals surface area contributed by atoms with Crippen LogP contribution >= 0.6 is 23.2 Å². The molecule has 1 heterocycles. The Balaban J connectivity index is 1.56. The van der Waals surface area contributed by atoms with Gasteiger partial charge in [0, 0.05) is 28.7 Å². The van der Waals surface area contributed by atoms with Gasteiger partial charge in [0.25, 0.3) is 0 Å². The molecule has 1 saturated carbocycles. The van der Waals surface area contributed by atoms with Crippen molar-refractivity contribution >= 4 is 29.2 Å². The molecule has 190 valence electrons. The topological polar surface area (TPSA) is 38.8 Å². The van der Waals surface area contributed by atoms with E-state index >= 15 is 4.39 Å². The van der Waals surface area contributed by atoms with E-state index in [1.807, 2.05) is 12.1 Å². The summed E-state index contributed by atoms with van der Waals surface area (Å²) in [6.45, 7) is 11.5. The van der Waals surface area contributed by atoms with Crippen molar-refractivity contribution < 1.29 is 18.7 Å². The summed E-state index contributed by atoms with van der Waals surface area (Å²) < 4.78 is 26.8. The van der Waals surface area contributed by atoms with E-state index in [9.17, 15) is 4.79 Å². The van der Waals surface area contributed by atoms with Crippen LogP contribution in [0.4, 0.5) is 4.39 Å². The second-order valence-corrected chi connectivity index (χ2v) is 12.3. The molecule has 2 fully saturated rings. The Hall–Kier alpha value is -1.66. The molecule has 0 amide bonds. The highest BCUT2D eigenvalue weighted by atomic mass is 35.5. The maximum Gasteiger partial charge on any atom is 0.341 e. The summed E-state index contributed by atoms with van der Waals surface area (Å²) in [5, 5.41) is 1.21. The lowest BCUT2D eigenvalue weighted by Crippen LogP contribution is -2.56. The Morgan fingerprint density at radius 3 is 2.40 bits per heavy atom. The number of hydrogen-bond donors (Lipinski definition) is 0. The maximum absolute atomic E-state index is 15.2. The van der Waals surface area contributed by atoms with Gasteiger partial charge in [0.15, 0.2) is 0 Å². The van der Waals surface area contributed by atoms with Gasteiger partial charge in [0.2, 0.25) is 0 Å². The van der Waals surface area contributed by atoms with E-state index in [1.165, 1.54) is 6.07 Å². The van der Waals surface area contributed by atoms with Gasteiger partial charge in [-0.3, -0.25) is 4.90 Å². The van der Waals surface area contributed by atoms with Crippen LogP contribution in [0.5, 0.6) is 0 Å². The molecule has 35 heavy (non-hydrogen) atoms. The molecule has 4 nitrogen and oxygen atoms in total. The zero-order valence-corrected chi connectivity index (χ0v) is 22.6. The molecule has 1 aliphatic heterocycles. The molecule has 4 rings (SSSR count). The Morgan fingerprint density at radius 2 is 1.80 bits per heavy atom. The Kier molecular flexibility index (Phi) is 7.55. The van der Waals surface area contributed by atoms with E-state index in [-0.39, 0.29) is 17.2 Å². The van der Waals surface area contributed by atoms with Gasteiger partial charge < -0.3 is 9.47 Å². The number of rotatable bonds is 6. The van der Waals surface area contributed by atoms with Gasteiger partial charge in [0.1, 0.15) is 11.4 Å². The highest BCUT2D eigenvalue weighted by molar-refractivity contribution is 6.34. The van der Waals surface area contributed by atoms with Crippen LogP contribution in [-0.4, -0.2) is 41.3 Å². The third-order valence-corrected chi connectivity index (χ3v) is 7.00. The molecule has 1 aliphatic carbocycles. The van der Waals surface area contributed by atoms with Crippen molar-refractivity contribution in [1.29, 1.82) is 0 Å². The first kappa shape index (κ1) is 26.4. The fraction of sp³-hybridized carbons (Fsp3) is 0.536. The second-order valence-electron chi connectivity index (χ2n) is 11.4. The Labute approximate surface area is 217 Å². The van der Waals surface area contributed by atoms with Crippen molar-refractivity contribution in [3.8, 4) is 0 Å². The standard InChI is InChI=1S/C28H34Cl2FNO3/c1-27(2,3)35-26(33)24-13-23(18-6-7-18)19(11-25(24)31)14-32-15-22(34-16-28(32,4)5)10-17-8-20(29)12-21(30)9-17/h8-9,11-13,18,22H,6-7,10,14-16H2,1-5H3. The molecule has 1 unspecified atom stereocenters. The molecule has 1 atom stereocenters. The minimum absolute atomic E-state index is 0.0162. The van der Waals surface area contributed by atoms with Crippen molar-refractivity contribution in [2.45, 2.75) is 83.6 Å². The molecule has 0 N–H and O–H groups in total. The molecule has 0 aromatic heterocycles. The fourth-order valence-corrected chi connectivity index (χ4v) is 5.16. The maximum atomic E-state index is 15.2. The van der Waals surface area contributed by atoms with Crippen molar-refractivity contribution in [3.05, 3.63) is 68.4 Å². The normalized spacial score (nSPS) is 20.6. The monoisotopic (exact) mass is 521 g/mol. The molecule has 0 radical (unpaired) electrons. The summed E-state index contributed by atoms with van der Waals surface area (Å²) in [6.07, 6.45) is 2.76. The van der Waals surface area contributed by atoms with Gasteiger partial charge in [-0.15, -0.1) is 0 Å². The summed E-state index contributed by atoms with van der Waals surface area (Å²) in [6, 6.07) is 8.80. The lowest BCUT2D eigenvalue weighted by molar-refractivity contribution is -0.101. The van der Waals surface area contributed by atoms with Crippen LogP contribution in [0.1, 0.15) is 80.4 Å². The van der Waals surface area contributed by atoms with Crippen LogP contribution in [0.25, 0.3) is 0 Å². The number of esters is 1. The van der Waals surface area contributed by atoms with Gasteiger partial charge in [-0.25, -0.2) is 9.18 Å². The number of hydrogen-bond acceptors (Lipinski definition) is 4. The lowest BCUT2D eigenvalue weighted by atomic mass is 9.94. The Morgan fingerprint density at radius 1 is 1.14 bits per heavy atom. The van der Waals surface area contributed by atoms with Crippen molar-refractivity contribution in [2.24, 2.45) is 0 Å². The summed E-state index contributed by atoms with van der Waals surface area (Å²) in [5.74, 6) is -0.787. The van der Waals surface area contributed by atoms with Crippen molar-refractivity contribution in [2.75, 3.05) is 13.2 Å². The molecule has 7 heteroatoms. The van der Waals surface area contributed by atoms with Gasteiger partial charge in [-0.1, -0.05) is 23.2 Å². The summed E-state index contributed by atoms with van der Waals surface area (Å²) in [7, 11) is 0.